The van der Waals surface area contributed by atoms with Crippen molar-refractivity contribution in [2.45, 2.75) is 26.4 Å². The lowest BCUT2D eigenvalue weighted by Gasteiger charge is -2.08. The summed E-state index contributed by atoms with van der Waals surface area (Å²) in [6.07, 6.45) is 1.54. The molecule has 0 fully saturated rings. The smallest absolute Gasteiger partial charge is 0.267 e. The van der Waals surface area contributed by atoms with Gasteiger partial charge in [-0.2, -0.15) is 0 Å². The predicted octanol–water partition coefficient (Wildman–Crippen LogP) is 0.504. The molecule has 0 amide bonds. The van der Waals surface area contributed by atoms with Crippen molar-refractivity contribution in [3.63, 3.8) is 0 Å². The zero-order valence-electron chi connectivity index (χ0n) is 7.62. The first-order valence-corrected chi connectivity index (χ1v) is 5.07. The summed E-state index contributed by atoms with van der Waals surface area (Å²) in [5.74, 6) is 0. The molecule has 0 bridgehead atoms. The molecule has 0 aliphatic heterocycles. The molecule has 1 heterocycles. The summed E-state index contributed by atoms with van der Waals surface area (Å²) in [4.78, 5) is 15.7. The van der Waals surface area contributed by atoms with Crippen molar-refractivity contribution in [1.29, 1.82) is 0 Å². The lowest BCUT2D eigenvalue weighted by Crippen LogP contribution is -2.31. The molecule has 0 aliphatic rings. The van der Waals surface area contributed by atoms with Crippen LogP contribution >= 0.6 is 22.6 Å². The van der Waals surface area contributed by atoms with Gasteiger partial charge in [-0.15, -0.1) is 0 Å². The van der Waals surface area contributed by atoms with Gasteiger partial charge >= 0.3 is 0 Å². The van der Waals surface area contributed by atoms with Gasteiger partial charge in [-0.25, -0.2) is 4.98 Å². The van der Waals surface area contributed by atoms with E-state index in [4.69, 9.17) is 5.73 Å². The number of hydrogen-bond donors (Lipinski definition) is 1. The summed E-state index contributed by atoms with van der Waals surface area (Å²) >= 11 is 2.00. The van der Waals surface area contributed by atoms with Crippen molar-refractivity contribution in [2.24, 2.45) is 5.73 Å². The molecule has 0 saturated carbocycles. The maximum atomic E-state index is 11.6. The molecule has 1 unspecified atom stereocenters. The summed E-state index contributed by atoms with van der Waals surface area (Å²) in [5.41, 5.74) is 6.35. The van der Waals surface area contributed by atoms with Gasteiger partial charge in [0.05, 0.1) is 15.6 Å². The number of nitrogens with two attached hydrogens (primary N) is 1. The highest BCUT2D eigenvalue weighted by molar-refractivity contribution is 14.1. The zero-order chi connectivity index (χ0) is 10.0. The maximum absolute atomic E-state index is 11.6. The van der Waals surface area contributed by atoms with Crippen LogP contribution in [0, 0.1) is 10.5 Å². The SMILES string of the molecule is Cc1ncn(CC(C)N)c(=O)c1I. The molecule has 0 saturated heterocycles. The molecule has 5 heteroatoms. The fraction of sp³-hybridized carbons (Fsp3) is 0.500. The topological polar surface area (TPSA) is 60.9 Å². The van der Waals surface area contributed by atoms with Crippen LogP contribution in [-0.4, -0.2) is 15.6 Å². The fourth-order valence-electron chi connectivity index (χ4n) is 0.987. The monoisotopic (exact) mass is 293 g/mol. The molecule has 0 radical (unpaired) electrons. The predicted molar refractivity (Wildman–Crippen MR) is 59.6 cm³/mol. The number of aryl methyl sites for hydroxylation is 1. The molecule has 1 rings (SSSR count). The van der Waals surface area contributed by atoms with Gasteiger partial charge in [0.25, 0.3) is 5.56 Å². The second-order valence-electron chi connectivity index (χ2n) is 3.08. The minimum Gasteiger partial charge on any atom is -0.326 e. The second kappa shape index (κ2) is 4.19. The molecular formula is C8H12IN3O. The first-order chi connectivity index (χ1) is 6.02. The van der Waals surface area contributed by atoms with E-state index < -0.39 is 0 Å². The van der Waals surface area contributed by atoms with Crippen LogP contribution in [0.2, 0.25) is 0 Å². The molecule has 0 aliphatic carbocycles. The summed E-state index contributed by atoms with van der Waals surface area (Å²) in [5, 5.41) is 0. The van der Waals surface area contributed by atoms with Crippen LogP contribution in [0.4, 0.5) is 0 Å². The number of nitrogens with zero attached hydrogens (tertiary/aromatic N) is 2. The van der Waals surface area contributed by atoms with Crippen LogP contribution < -0.4 is 11.3 Å². The van der Waals surface area contributed by atoms with Crippen molar-refractivity contribution >= 4 is 22.6 Å². The Morgan fingerprint density at radius 1 is 1.77 bits per heavy atom. The van der Waals surface area contributed by atoms with Gasteiger partial charge in [0.15, 0.2) is 0 Å². The standard InChI is InChI=1S/C8H12IN3O/c1-5(10)3-12-4-11-6(2)7(9)8(12)13/h4-5H,3,10H2,1-2H3. The van der Waals surface area contributed by atoms with Crippen molar-refractivity contribution in [1.82, 2.24) is 9.55 Å². The highest BCUT2D eigenvalue weighted by atomic mass is 127. The van der Waals surface area contributed by atoms with E-state index in [-0.39, 0.29) is 11.6 Å². The molecule has 1 aromatic rings. The largest absolute Gasteiger partial charge is 0.326 e. The van der Waals surface area contributed by atoms with Gasteiger partial charge in [0.1, 0.15) is 0 Å². The van der Waals surface area contributed by atoms with E-state index in [9.17, 15) is 4.79 Å². The van der Waals surface area contributed by atoms with Crippen molar-refractivity contribution in [3.8, 4) is 0 Å². The minimum atomic E-state index is -0.0296. The van der Waals surface area contributed by atoms with Gasteiger partial charge in [-0.05, 0) is 36.4 Å². The van der Waals surface area contributed by atoms with Crippen LogP contribution in [0.25, 0.3) is 0 Å². The third-order valence-corrected chi connectivity index (χ3v) is 2.88. The van der Waals surface area contributed by atoms with E-state index in [0.29, 0.717) is 10.1 Å². The molecule has 2 N–H and O–H groups in total. The Morgan fingerprint density at radius 3 is 2.92 bits per heavy atom. The molecule has 4 nitrogen and oxygen atoms in total. The lowest BCUT2D eigenvalue weighted by molar-refractivity contribution is 0.562. The molecular weight excluding hydrogens is 281 g/mol. The molecule has 1 aromatic heterocycles. The van der Waals surface area contributed by atoms with Crippen molar-refractivity contribution < 1.29 is 0 Å². The zero-order valence-corrected chi connectivity index (χ0v) is 9.78. The summed E-state index contributed by atoms with van der Waals surface area (Å²) < 4.78 is 2.21. The molecule has 0 aromatic carbocycles. The second-order valence-corrected chi connectivity index (χ2v) is 4.16. The molecule has 13 heavy (non-hydrogen) atoms. The van der Waals surface area contributed by atoms with Crippen LogP contribution in [0.15, 0.2) is 11.1 Å². The maximum Gasteiger partial charge on any atom is 0.267 e. The van der Waals surface area contributed by atoms with E-state index >= 15 is 0 Å². The van der Waals surface area contributed by atoms with Gasteiger partial charge in [0.2, 0.25) is 0 Å². The van der Waals surface area contributed by atoms with Crippen LogP contribution in [0.1, 0.15) is 12.6 Å². The highest BCUT2D eigenvalue weighted by Crippen LogP contribution is 2.01. The number of halogens is 1. The molecule has 0 spiro atoms. The van der Waals surface area contributed by atoms with Gasteiger partial charge in [-0.3, -0.25) is 9.36 Å². The first-order valence-electron chi connectivity index (χ1n) is 3.99. The summed E-state index contributed by atoms with van der Waals surface area (Å²) in [6.45, 7) is 4.20. The Hall–Kier alpha value is -0.430. The molecule has 1 atom stereocenters. The third kappa shape index (κ3) is 2.50. The Bertz CT molecular complexity index is 359. The van der Waals surface area contributed by atoms with Crippen LogP contribution in [0.3, 0.4) is 0 Å². The fourth-order valence-corrected chi connectivity index (χ4v) is 1.44. The highest BCUT2D eigenvalue weighted by Gasteiger charge is 2.05. The van der Waals surface area contributed by atoms with Crippen molar-refractivity contribution in [2.75, 3.05) is 0 Å². The number of rotatable bonds is 2. The van der Waals surface area contributed by atoms with E-state index in [1.807, 2.05) is 36.4 Å². The Kier molecular flexibility index (Phi) is 3.43. The van der Waals surface area contributed by atoms with Crippen LogP contribution in [-0.2, 0) is 6.54 Å². The van der Waals surface area contributed by atoms with E-state index in [1.165, 1.54) is 0 Å². The van der Waals surface area contributed by atoms with E-state index in [0.717, 1.165) is 5.69 Å². The average molecular weight is 293 g/mol. The Labute approximate surface area is 90.3 Å². The quantitative estimate of drug-likeness (QED) is 0.808. The van der Waals surface area contributed by atoms with Crippen LogP contribution in [0.5, 0.6) is 0 Å². The number of hydrogen-bond acceptors (Lipinski definition) is 3. The third-order valence-electron chi connectivity index (χ3n) is 1.64. The average Bonchev–Trinajstić information content (AvgIpc) is 2.06. The minimum absolute atomic E-state index is 0.00889. The molecule has 72 valence electrons. The van der Waals surface area contributed by atoms with E-state index in [1.54, 1.807) is 10.9 Å². The first kappa shape index (κ1) is 10.6. The summed E-state index contributed by atoms with van der Waals surface area (Å²) in [7, 11) is 0. The van der Waals surface area contributed by atoms with Gasteiger partial charge < -0.3 is 5.73 Å². The van der Waals surface area contributed by atoms with Gasteiger partial charge in [-0.1, -0.05) is 0 Å². The lowest BCUT2D eigenvalue weighted by atomic mass is 10.3. The normalized spacial score (nSPS) is 12.9. The van der Waals surface area contributed by atoms with Gasteiger partial charge in [0, 0.05) is 12.6 Å². The Balaban J connectivity index is 3.12. The van der Waals surface area contributed by atoms with E-state index in [2.05, 4.69) is 4.98 Å². The number of aromatic nitrogens is 2. The summed E-state index contributed by atoms with van der Waals surface area (Å²) in [6, 6.07) is -0.0296. The Morgan fingerprint density at radius 2 is 2.38 bits per heavy atom. The van der Waals surface area contributed by atoms with Crippen molar-refractivity contribution in [3.05, 3.63) is 25.9 Å².